The second kappa shape index (κ2) is 5.78. The zero-order chi connectivity index (χ0) is 14.1. The van der Waals surface area contributed by atoms with Gasteiger partial charge in [0.2, 0.25) is 0 Å². The maximum absolute atomic E-state index is 13.3. The van der Waals surface area contributed by atoms with Crippen LogP contribution in [0.5, 0.6) is 0 Å². The van der Waals surface area contributed by atoms with Gasteiger partial charge in [-0.15, -0.1) is 0 Å². The Bertz CT molecular complexity index is 478. The molecular weight excluding hydrogens is 258 g/mol. The first-order valence-corrected chi connectivity index (χ1v) is 7.55. The lowest BCUT2D eigenvalue weighted by Gasteiger charge is -2.47. The Labute approximate surface area is 119 Å². The van der Waals surface area contributed by atoms with Gasteiger partial charge in [0.15, 0.2) is 11.6 Å². The molecule has 0 amide bonds. The van der Waals surface area contributed by atoms with Gasteiger partial charge in [-0.2, -0.15) is 0 Å². The molecule has 2 saturated heterocycles. The fraction of sp³-hybridized carbons (Fsp3) is 0.625. The van der Waals surface area contributed by atoms with E-state index in [1.807, 2.05) is 0 Å². The SMILES string of the molecule is CC1CN2CCCCC2CN1Cc1ccc(F)c(F)c1. The molecule has 110 valence electrons. The molecule has 2 unspecified atom stereocenters. The van der Waals surface area contributed by atoms with Crippen LogP contribution in [-0.2, 0) is 6.54 Å². The third-order valence-electron chi connectivity index (χ3n) is 4.69. The number of hydrogen-bond donors (Lipinski definition) is 0. The smallest absolute Gasteiger partial charge is 0.159 e. The first-order chi connectivity index (χ1) is 9.63. The molecule has 2 atom stereocenters. The third-order valence-corrected chi connectivity index (χ3v) is 4.69. The summed E-state index contributed by atoms with van der Waals surface area (Å²) in [5.41, 5.74) is 0.861. The molecule has 2 fully saturated rings. The number of fused-ring (bicyclic) bond motifs is 1. The number of halogens is 2. The maximum atomic E-state index is 13.3. The number of hydrogen-bond acceptors (Lipinski definition) is 2. The molecule has 0 bridgehead atoms. The van der Waals surface area contributed by atoms with E-state index in [1.54, 1.807) is 6.07 Å². The predicted molar refractivity (Wildman–Crippen MR) is 75.4 cm³/mol. The molecule has 2 aliphatic rings. The normalized spacial score (nSPS) is 28.4. The standard InChI is InChI=1S/C16H22F2N2/c1-12-9-19-7-3-2-4-14(19)11-20(12)10-13-5-6-15(17)16(18)8-13/h5-6,8,12,14H,2-4,7,9-11H2,1H3. The van der Waals surface area contributed by atoms with Crippen LogP contribution >= 0.6 is 0 Å². The van der Waals surface area contributed by atoms with Crippen LogP contribution in [0.1, 0.15) is 31.7 Å². The van der Waals surface area contributed by atoms with E-state index in [9.17, 15) is 8.78 Å². The Hall–Kier alpha value is -1.00. The fourth-order valence-electron chi connectivity index (χ4n) is 3.51. The van der Waals surface area contributed by atoms with E-state index in [1.165, 1.54) is 37.9 Å². The van der Waals surface area contributed by atoms with Gasteiger partial charge in [-0.05, 0) is 44.0 Å². The van der Waals surface area contributed by atoms with Crippen LogP contribution in [0.3, 0.4) is 0 Å². The average Bonchev–Trinajstić information content (AvgIpc) is 2.44. The van der Waals surface area contributed by atoms with E-state index < -0.39 is 11.6 Å². The molecule has 0 spiro atoms. The Morgan fingerprint density at radius 2 is 2.00 bits per heavy atom. The average molecular weight is 280 g/mol. The van der Waals surface area contributed by atoms with Crippen molar-refractivity contribution in [3.63, 3.8) is 0 Å². The molecule has 3 rings (SSSR count). The summed E-state index contributed by atoms with van der Waals surface area (Å²) >= 11 is 0. The van der Waals surface area contributed by atoms with Crippen molar-refractivity contribution in [2.45, 2.75) is 44.8 Å². The molecule has 0 aromatic heterocycles. The van der Waals surface area contributed by atoms with Crippen LogP contribution in [0.4, 0.5) is 8.78 Å². The van der Waals surface area contributed by atoms with Crippen molar-refractivity contribution < 1.29 is 8.78 Å². The first kappa shape index (κ1) is 14.0. The zero-order valence-corrected chi connectivity index (χ0v) is 12.0. The van der Waals surface area contributed by atoms with E-state index in [0.717, 1.165) is 18.7 Å². The molecule has 1 aromatic rings. The number of piperazine rings is 1. The largest absolute Gasteiger partial charge is 0.298 e. The molecule has 20 heavy (non-hydrogen) atoms. The van der Waals surface area contributed by atoms with E-state index in [0.29, 0.717) is 18.6 Å². The van der Waals surface area contributed by atoms with Crippen LogP contribution in [0.2, 0.25) is 0 Å². The highest BCUT2D eigenvalue weighted by atomic mass is 19.2. The monoisotopic (exact) mass is 280 g/mol. The zero-order valence-electron chi connectivity index (χ0n) is 12.0. The summed E-state index contributed by atoms with van der Waals surface area (Å²) in [6.07, 6.45) is 3.89. The van der Waals surface area contributed by atoms with Gasteiger partial charge in [-0.25, -0.2) is 8.78 Å². The van der Waals surface area contributed by atoms with Crippen molar-refractivity contribution in [3.05, 3.63) is 35.4 Å². The van der Waals surface area contributed by atoms with E-state index in [4.69, 9.17) is 0 Å². The summed E-state index contributed by atoms with van der Waals surface area (Å²) in [6.45, 7) is 6.29. The summed E-state index contributed by atoms with van der Waals surface area (Å²) in [5.74, 6) is -1.51. The van der Waals surface area contributed by atoms with E-state index in [2.05, 4.69) is 16.7 Å². The second-order valence-electron chi connectivity index (χ2n) is 6.17. The van der Waals surface area contributed by atoms with Gasteiger partial charge < -0.3 is 0 Å². The predicted octanol–water partition coefficient (Wildman–Crippen LogP) is 3.02. The summed E-state index contributed by atoms with van der Waals surface area (Å²) < 4.78 is 26.3. The Kier molecular flexibility index (Phi) is 4.03. The molecule has 4 heteroatoms. The maximum Gasteiger partial charge on any atom is 0.159 e. The topological polar surface area (TPSA) is 6.48 Å². The molecule has 2 heterocycles. The van der Waals surface area contributed by atoms with Gasteiger partial charge in [0.1, 0.15) is 0 Å². The van der Waals surface area contributed by atoms with Gasteiger partial charge in [-0.1, -0.05) is 12.5 Å². The summed E-state index contributed by atoms with van der Waals surface area (Å²) in [5, 5.41) is 0. The van der Waals surface area contributed by atoms with Crippen molar-refractivity contribution in [1.29, 1.82) is 0 Å². The minimum absolute atomic E-state index is 0.470. The number of piperidine rings is 1. The third kappa shape index (κ3) is 2.86. The van der Waals surface area contributed by atoms with E-state index in [-0.39, 0.29) is 0 Å². The molecule has 0 aliphatic carbocycles. The highest BCUT2D eigenvalue weighted by Gasteiger charge is 2.32. The van der Waals surface area contributed by atoms with Crippen molar-refractivity contribution in [3.8, 4) is 0 Å². The van der Waals surface area contributed by atoms with Gasteiger partial charge in [0.25, 0.3) is 0 Å². The molecule has 0 radical (unpaired) electrons. The first-order valence-electron chi connectivity index (χ1n) is 7.55. The lowest BCUT2D eigenvalue weighted by molar-refractivity contribution is 0.0110. The highest BCUT2D eigenvalue weighted by molar-refractivity contribution is 5.18. The number of rotatable bonds is 2. The molecule has 1 aromatic carbocycles. The van der Waals surface area contributed by atoms with Gasteiger partial charge in [0, 0.05) is 31.7 Å². The van der Waals surface area contributed by atoms with Crippen LogP contribution < -0.4 is 0 Å². The Morgan fingerprint density at radius 1 is 1.15 bits per heavy atom. The van der Waals surface area contributed by atoms with Crippen molar-refractivity contribution in [2.75, 3.05) is 19.6 Å². The fourth-order valence-corrected chi connectivity index (χ4v) is 3.51. The van der Waals surface area contributed by atoms with Crippen LogP contribution in [0.25, 0.3) is 0 Å². The van der Waals surface area contributed by atoms with E-state index >= 15 is 0 Å². The second-order valence-corrected chi connectivity index (χ2v) is 6.17. The molecule has 2 nitrogen and oxygen atoms in total. The number of nitrogens with zero attached hydrogens (tertiary/aromatic N) is 2. The van der Waals surface area contributed by atoms with Gasteiger partial charge in [-0.3, -0.25) is 9.80 Å². The molecule has 2 aliphatic heterocycles. The van der Waals surface area contributed by atoms with Crippen LogP contribution in [0.15, 0.2) is 18.2 Å². The minimum atomic E-state index is -0.765. The summed E-state index contributed by atoms with van der Waals surface area (Å²) in [7, 11) is 0. The van der Waals surface area contributed by atoms with Crippen LogP contribution in [0, 0.1) is 11.6 Å². The Morgan fingerprint density at radius 3 is 2.80 bits per heavy atom. The summed E-state index contributed by atoms with van der Waals surface area (Å²) in [4.78, 5) is 5.00. The number of benzene rings is 1. The van der Waals surface area contributed by atoms with Gasteiger partial charge >= 0.3 is 0 Å². The molecule has 0 N–H and O–H groups in total. The molecular formula is C16H22F2N2. The molecule has 0 saturated carbocycles. The minimum Gasteiger partial charge on any atom is -0.298 e. The quantitative estimate of drug-likeness (QED) is 0.821. The Balaban J connectivity index is 1.68. The van der Waals surface area contributed by atoms with Crippen molar-refractivity contribution in [2.24, 2.45) is 0 Å². The van der Waals surface area contributed by atoms with Crippen molar-refractivity contribution >= 4 is 0 Å². The highest BCUT2D eigenvalue weighted by Crippen LogP contribution is 2.25. The van der Waals surface area contributed by atoms with Crippen molar-refractivity contribution in [1.82, 2.24) is 9.80 Å². The van der Waals surface area contributed by atoms with Crippen LogP contribution in [-0.4, -0.2) is 41.5 Å². The summed E-state index contributed by atoms with van der Waals surface area (Å²) in [6, 6.07) is 5.36. The van der Waals surface area contributed by atoms with Gasteiger partial charge in [0.05, 0.1) is 0 Å². The lowest BCUT2D eigenvalue weighted by atomic mass is 9.97. The lowest BCUT2D eigenvalue weighted by Crippen LogP contribution is -2.58.